The van der Waals surface area contributed by atoms with Crippen molar-refractivity contribution in [3.05, 3.63) is 0 Å². The third-order valence-corrected chi connectivity index (χ3v) is 2.88. The molecule has 0 aromatic heterocycles. The summed E-state index contributed by atoms with van der Waals surface area (Å²) in [6.07, 6.45) is 5.76. The van der Waals surface area contributed by atoms with Crippen LogP contribution in [0.4, 0.5) is 0 Å². The smallest absolute Gasteiger partial charge is 0.000708 e. The van der Waals surface area contributed by atoms with E-state index >= 15 is 0 Å². The molecule has 0 amide bonds. The van der Waals surface area contributed by atoms with Crippen molar-refractivity contribution >= 4 is 0 Å². The van der Waals surface area contributed by atoms with Gasteiger partial charge in [0.25, 0.3) is 0 Å². The molecule has 1 nitrogen and oxygen atoms in total. The van der Waals surface area contributed by atoms with E-state index in [-0.39, 0.29) is 0 Å². The largest absolute Gasteiger partial charge is 0.306 e. The van der Waals surface area contributed by atoms with Crippen LogP contribution in [-0.4, -0.2) is 25.0 Å². The Bertz CT molecular complexity index is 120. The summed E-state index contributed by atoms with van der Waals surface area (Å²) in [6.45, 7) is 7.31. The van der Waals surface area contributed by atoms with Gasteiger partial charge in [0.05, 0.1) is 0 Å². The molecular formula is C11H23N. The lowest BCUT2D eigenvalue weighted by Gasteiger charge is -2.10. The number of rotatable bonds is 4. The van der Waals surface area contributed by atoms with Gasteiger partial charge in [-0.3, -0.25) is 0 Å². The second kappa shape index (κ2) is 4.86. The fourth-order valence-electron chi connectivity index (χ4n) is 2.08. The average Bonchev–Trinajstić information content (AvgIpc) is 2.35. The van der Waals surface area contributed by atoms with E-state index in [1.54, 1.807) is 0 Å². The zero-order valence-electron chi connectivity index (χ0n) is 8.84. The van der Waals surface area contributed by atoms with E-state index in [2.05, 4.69) is 25.8 Å². The highest BCUT2D eigenvalue weighted by molar-refractivity contribution is 4.72. The topological polar surface area (TPSA) is 3.24 Å². The molecule has 0 bridgehead atoms. The van der Waals surface area contributed by atoms with Crippen molar-refractivity contribution in [1.29, 1.82) is 0 Å². The van der Waals surface area contributed by atoms with Gasteiger partial charge >= 0.3 is 0 Å². The summed E-state index contributed by atoms with van der Waals surface area (Å²) in [5.74, 6) is 1.90. The maximum Gasteiger partial charge on any atom is 0.000708 e. The lowest BCUT2D eigenvalue weighted by Crippen LogP contribution is -2.13. The van der Waals surface area contributed by atoms with Crippen molar-refractivity contribution in [3.8, 4) is 0 Å². The molecule has 1 aliphatic rings. The molecule has 0 N–H and O–H groups in total. The van der Waals surface area contributed by atoms with E-state index < -0.39 is 0 Å². The van der Waals surface area contributed by atoms with Gasteiger partial charge in [0.2, 0.25) is 0 Å². The monoisotopic (exact) mass is 169 g/mol. The predicted molar refractivity (Wildman–Crippen MR) is 54.3 cm³/mol. The summed E-state index contributed by atoms with van der Waals surface area (Å²) in [7, 11) is 2.24. The SMILES string of the molecule is CC(C)CCCC1CCN(C)C1. The lowest BCUT2D eigenvalue weighted by atomic mass is 9.98. The van der Waals surface area contributed by atoms with E-state index in [1.807, 2.05) is 0 Å². The molecule has 1 atom stereocenters. The van der Waals surface area contributed by atoms with Gasteiger partial charge < -0.3 is 4.90 Å². The van der Waals surface area contributed by atoms with Crippen LogP contribution < -0.4 is 0 Å². The first kappa shape index (κ1) is 10.0. The Labute approximate surface area is 77.1 Å². The van der Waals surface area contributed by atoms with E-state index in [1.165, 1.54) is 38.8 Å². The van der Waals surface area contributed by atoms with Crippen LogP contribution >= 0.6 is 0 Å². The van der Waals surface area contributed by atoms with Crippen LogP contribution in [0.25, 0.3) is 0 Å². The summed E-state index contributed by atoms with van der Waals surface area (Å²) >= 11 is 0. The highest BCUT2D eigenvalue weighted by Gasteiger charge is 2.18. The Morgan fingerprint density at radius 1 is 1.42 bits per heavy atom. The number of hydrogen-bond acceptors (Lipinski definition) is 1. The summed E-state index contributed by atoms with van der Waals surface area (Å²) in [6, 6.07) is 0. The van der Waals surface area contributed by atoms with Crippen LogP contribution in [0.5, 0.6) is 0 Å². The Hall–Kier alpha value is -0.0400. The molecule has 1 rings (SSSR count). The van der Waals surface area contributed by atoms with Crippen LogP contribution in [0.1, 0.15) is 39.5 Å². The van der Waals surface area contributed by atoms with Crippen LogP contribution in [0.2, 0.25) is 0 Å². The molecule has 72 valence electrons. The van der Waals surface area contributed by atoms with Gasteiger partial charge in [-0.05, 0) is 38.3 Å². The third-order valence-electron chi connectivity index (χ3n) is 2.88. The second-order valence-corrected chi connectivity index (χ2v) is 4.74. The second-order valence-electron chi connectivity index (χ2n) is 4.74. The first-order valence-electron chi connectivity index (χ1n) is 5.37. The fraction of sp³-hybridized carbons (Fsp3) is 1.00. The highest BCUT2D eigenvalue weighted by atomic mass is 15.1. The first-order chi connectivity index (χ1) is 5.68. The molecule has 0 spiro atoms. The molecule has 1 fully saturated rings. The van der Waals surface area contributed by atoms with Gasteiger partial charge in [-0.2, -0.15) is 0 Å². The molecular weight excluding hydrogens is 146 g/mol. The van der Waals surface area contributed by atoms with Gasteiger partial charge in [0, 0.05) is 6.54 Å². The minimum Gasteiger partial charge on any atom is -0.306 e. The average molecular weight is 169 g/mol. The summed E-state index contributed by atoms with van der Waals surface area (Å²) < 4.78 is 0. The van der Waals surface area contributed by atoms with Gasteiger partial charge in [-0.1, -0.05) is 26.7 Å². The van der Waals surface area contributed by atoms with Gasteiger partial charge in [-0.15, -0.1) is 0 Å². The lowest BCUT2D eigenvalue weighted by molar-refractivity contribution is 0.378. The van der Waals surface area contributed by atoms with Crippen molar-refractivity contribution in [3.63, 3.8) is 0 Å². The Morgan fingerprint density at radius 3 is 2.67 bits per heavy atom. The molecule has 1 saturated heterocycles. The maximum atomic E-state index is 2.46. The van der Waals surface area contributed by atoms with E-state index in [9.17, 15) is 0 Å². The zero-order chi connectivity index (χ0) is 8.97. The number of hydrogen-bond donors (Lipinski definition) is 0. The van der Waals surface area contributed by atoms with Gasteiger partial charge in [-0.25, -0.2) is 0 Å². The summed E-state index contributed by atoms with van der Waals surface area (Å²) in [5, 5.41) is 0. The Morgan fingerprint density at radius 2 is 2.17 bits per heavy atom. The van der Waals surface area contributed by atoms with Crippen molar-refractivity contribution in [2.45, 2.75) is 39.5 Å². The molecule has 1 heterocycles. The molecule has 1 aliphatic heterocycles. The number of likely N-dealkylation sites (tertiary alicyclic amines) is 1. The minimum absolute atomic E-state index is 0.893. The van der Waals surface area contributed by atoms with Crippen LogP contribution in [-0.2, 0) is 0 Å². The quantitative estimate of drug-likeness (QED) is 0.625. The summed E-state index contributed by atoms with van der Waals surface area (Å²) in [4.78, 5) is 2.46. The third kappa shape index (κ3) is 3.57. The van der Waals surface area contributed by atoms with Gasteiger partial charge in [0.15, 0.2) is 0 Å². The molecule has 0 radical (unpaired) electrons. The molecule has 0 aliphatic carbocycles. The van der Waals surface area contributed by atoms with Crippen LogP contribution in [0.15, 0.2) is 0 Å². The van der Waals surface area contributed by atoms with Crippen LogP contribution in [0.3, 0.4) is 0 Å². The first-order valence-corrected chi connectivity index (χ1v) is 5.37. The van der Waals surface area contributed by atoms with Crippen molar-refractivity contribution < 1.29 is 0 Å². The standard InChI is InChI=1S/C11H23N/c1-10(2)5-4-6-11-7-8-12(3)9-11/h10-11H,4-9H2,1-3H3. The molecule has 0 aromatic rings. The predicted octanol–water partition coefficient (Wildman–Crippen LogP) is 2.76. The maximum absolute atomic E-state index is 2.46. The molecule has 0 aromatic carbocycles. The number of nitrogens with zero attached hydrogens (tertiary/aromatic N) is 1. The Kier molecular flexibility index (Phi) is 4.07. The minimum atomic E-state index is 0.893. The van der Waals surface area contributed by atoms with Crippen LogP contribution in [0, 0.1) is 11.8 Å². The molecule has 1 heteroatoms. The van der Waals surface area contributed by atoms with Crippen molar-refractivity contribution in [2.24, 2.45) is 11.8 Å². The van der Waals surface area contributed by atoms with Crippen molar-refractivity contribution in [2.75, 3.05) is 20.1 Å². The molecule has 0 saturated carbocycles. The van der Waals surface area contributed by atoms with E-state index in [0.29, 0.717) is 0 Å². The highest BCUT2D eigenvalue weighted by Crippen LogP contribution is 2.21. The zero-order valence-corrected chi connectivity index (χ0v) is 8.84. The normalized spacial score (nSPS) is 25.5. The summed E-state index contributed by atoms with van der Waals surface area (Å²) in [5.41, 5.74) is 0. The Balaban J connectivity index is 2.00. The fourth-order valence-corrected chi connectivity index (χ4v) is 2.08. The molecule has 12 heavy (non-hydrogen) atoms. The van der Waals surface area contributed by atoms with E-state index in [0.717, 1.165) is 11.8 Å². The molecule has 1 unspecified atom stereocenters. The van der Waals surface area contributed by atoms with Gasteiger partial charge in [0.1, 0.15) is 0 Å². The van der Waals surface area contributed by atoms with E-state index in [4.69, 9.17) is 0 Å². The van der Waals surface area contributed by atoms with Crippen molar-refractivity contribution in [1.82, 2.24) is 4.90 Å².